The van der Waals surface area contributed by atoms with Crippen LogP contribution in [0.25, 0.3) is 11.3 Å². The van der Waals surface area contributed by atoms with E-state index >= 15 is 0 Å². The molecule has 2 aromatic carbocycles. The van der Waals surface area contributed by atoms with Crippen LogP contribution in [0.1, 0.15) is 10.4 Å². The van der Waals surface area contributed by atoms with Crippen molar-refractivity contribution in [3.8, 4) is 17.0 Å². The molecule has 104 valence electrons. The molecular formula is C16H13N3O2. The molecule has 0 radical (unpaired) electrons. The number of hydrogen-bond donors (Lipinski definition) is 3. The van der Waals surface area contributed by atoms with Gasteiger partial charge in [0.05, 0.1) is 11.3 Å². The van der Waals surface area contributed by atoms with Crippen LogP contribution in [-0.2, 0) is 0 Å². The summed E-state index contributed by atoms with van der Waals surface area (Å²) in [6.45, 7) is 0. The van der Waals surface area contributed by atoms with Gasteiger partial charge in [-0.1, -0.05) is 42.5 Å². The number of benzene rings is 2. The van der Waals surface area contributed by atoms with Crippen LogP contribution in [-0.4, -0.2) is 21.2 Å². The zero-order chi connectivity index (χ0) is 14.7. The van der Waals surface area contributed by atoms with E-state index in [1.807, 2.05) is 30.3 Å². The number of para-hydroxylation sites is 1. The quantitative estimate of drug-likeness (QED) is 0.689. The number of rotatable bonds is 3. The molecule has 0 spiro atoms. The summed E-state index contributed by atoms with van der Waals surface area (Å²) >= 11 is 0. The summed E-state index contributed by atoms with van der Waals surface area (Å²) in [5.41, 5.74) is 2.00. The van der Waals surface area contributed by atoms with Crippen LogP contribution in [0.2, 0.25) is 0 Å². The summed E-state index contributed by atoms with van der Waals surface area (Å²) in [6.07, 6.45) is 0. The third kappa shape index (κ3) is 2.76. The van der Waals surface area contributed by atoms with Crippen molar-refractivity contribution >= 4 is 11.7 Å². The molecule has 0 bridgehead atoms. The van der Waals surface area contributed by atoms with Gasteiger partial charge in [0.2, 0.25) is 0 Å². The topological polar surface area (TPSA) is 78.0 Å². The average Bonchev–Trinajstić information content (AvgIpc) is 2.97. The lowest BCUT2D eigenvalue weighted by molar-refractivity contribution is 0.102. The second kappa shape index (κ2) is 5.50. The molecule has 3 rings (SSSR count). The maximum absolute atomic E-state index is 12.1. The number of nitrogens with zero attached hydrogens (tertiary/aromatic N) is 1. The van der Waals surface area contributed by atoms with Gasteiger partial charge in [0, 0.05) is 6.07 Å². The molecule has 0 saturated carbocycles. The van der Waals surface area contributed by atoms with E-state index in [2.05, 4.69) is 15.5 Å². The number of aromatic hydroxyl groups is 1. The number of aromatic amines is 1. The van der Waals surface area contributed by atoms with Gasteiger partial charge in [0.1, 0.15) is 5.75 Å². The summed E-state index contributed by atoms with van der Waals surface area (Å²) < 4.78 is 0. The molecule has 0 unspecified atom stereocenters. The first-order valence-electron chi connectivity index (χ1n) is 6.44. The molecule has 0 fully saturated rings. The summed E-state index contributed by atoms with van der Waals surface area (Å²) in [4.78, 5) is 12.1. The van der Waals surface area contributed by atoms with E-state index < -0.39 is 5.91 Å². The van der Waals surface area contributed by atoms with Gasteiger partial charge in [-0.3, -0.25) is 9.89 Å². The van der Waals surface area contributed by atoms with Gasteiger partial charge in [-0.05, 0) is 17.7 Å². The first kappa shape index (κ1) is 12.9. The minimum Gasteiger partial charge on any atom is -0.507 e. The SMILES string of the molecule is O=C(Nc1cc(-c2ccccc2)[nH]n1)c1ccccc1O. The highest BCUT2D eigenvalue weighted by Crippen LogP contribution is 2.21. The number of nitrogens with one attached hydrogen (secondary N) is 2. The Hall–Kier alpha value is -3.08. The lowest BCUT2D eigenvalue weighted by Gasteiger charge is -2.03. The third-order valence-corrected chi connectivity index (χ3v) is 3.05. The second-order valence-electron chi connectivity index (χ2n) is 4.50. The fourth-order valence-corrected chi connectivity index (χ4v) is 2.00. The Bertz CT molecular complexity index is 766. The van der Waals surface area contributed by atoms with Crippen LogP contribution < -0.4 is 5.32 Å². The number of aromatic nitrogens is 2. The zero-order valence-electron chi connectivity index (χ0n) is 11.1. The van der Waals surface area contributed by atoms with Crippen molar-refractivity contribution in [3.63, 3.8) is 0 Å². The predicted molar refractivity (Wildman–Crippen MR) is 80.1 cm³/mol. The fraction of sp³-hybridized carbons (Fsp3) is 0. The van der Waals surface area contributed by atoms with Crippen LogP contribution >= 0.6 is 0 Å². The molecule has 21 heavy (non-hydrogen) atoms. The Labute approximate surface area is 121 Å². The van der Waals surface area contributed by atoms with Crippen LogP contribution in [0.5, 0.6) is 5.75 Å². The molecule has 0 atom stereocenters. The number of hydrogen-bond acceptors (Lipinski definition) is 3. The number of phenols is 1. The minimum absolute atomic E-state index is 0.0613. The summed E-state index contributed by atoms with van der Waals surface area (Å²) in [6, 6.07) is 17.8. The monoisotopic (exact) mass is 279 g/mol. The van der Waals surface area contributed by atoms with Crippen molar-refractivity contribution in [2.24, 2.45) is 0 Å². The van der Waals surface area contributed by atoms with Gasteiger partial charge < -0.3 is 10.4 Å². The molecule has 3 N–H and O–H groups in total. The third-order valence-electron chi connectivity index (χ3n) is 3.05. The van der Waals surface area contributed by atoms with Gasteiger partial charge in [-0.2, -0.15) is 5.10 Å². The highest BCUT2D eigenvalue weighted by molar-refractivity contribution is 6.05. The largest absolute Gasteiger partial charge is 0.507 e. The lowest BCUT2D eigenvalue weighted by Crippen LogP contribution is -2.12. The van der Waals surface area contributed by atoms with E-state index in [0.717, 1.165) is 11.3 Å². The second-order valence-corrected chi connectivity index (χ2v) is 4.50. The van der Waals surface area contributed by atoms with Crippen LogP contribution in [0.3, 0.4) is 0 Å². The summed E-state index contributed by atoms with van der Waals surface area (Å²) in [5.74, 6) is -0.0601. The van der Waals surface area contributed by atoms with Crippen LogP contribution in [0, 0.1) is 0 Å². The molecule has 3 aromatic rings. The Morgan fingerprint density at radius 1 is 1.05 bits per heavy atom. The van der Waals surface area contributed by atoms with Gasteiger partial charge in [0.25, 0.3) is 5.91 Å². The van der Waals surface area contributed by atoms with Crippen molar-refractivity contribution in [1.82, 2.24) is 10.2 Å². The smallest absolute Gasteiger partial charge is 0.260 e. The highest BCUT2D eigenvalue weighted by Gasteiger charge is 2.12. The Morgan fingerprint density at radius 2 is 1.76 bits per heavy atom. The van der Waals surface area contributed by atoms with Crippen molar-refractivity contribution in [1.29, 1.82) is 0 Å². The molecule has 0 aliphatic heterocycles. The number of phenolic OH excluding ortho intramolecular Hbond substituents is 1. The van der Waals surface area contributed by atoms with Crippen molar-refractivity contribution < 1.29 is 9.90 Å². The molecule has 1 heterocycles. The molecule has 5 heteroatoms. The molecule has 0 aliphatic rings. The van der Waals surface area contributed by atoms with Crippen LogP contribution in [0.15, 0.2) is 60.7 Å². The Balaban J connectivity index is 1.79. The molecule has 1 aromatic heterocycles. The normalized spacial score (nSPS) is 10.3. The van der Waals surface area contributed by atoms with E-state index in [0.29, 0.717) is 5.82 Å². The van der Waals surface area contributed by atoms with E-state index in [1.165, 1.54) is 6.07 Å². The number of anilines is 1. The van der Waals surface area contributed by atoms with Gasteiger partial charge >= 0.3 is 0 Å². The zero-order valence-corrected chi connectivity index (χ0v) is 11.1. The van der Waals surface area contributed by atoms with E-state index in [9.17, 15) is 9.90 Å². The fourth-order valence-electron chi connectivity index (χ4n) is 2.00. The van der Waals surface area contributed by atoms with Crippen molar-refractivity contribution in [2.75, 3.05) is 5.32 Å². The van der Waals surface area contributed by atoms with Gasteiger partial charge in [-0.15, -0.1) is 0 Å². The van der Waals surface area contributed by atoms with Crippen molar-refractivity contribution in [2.45, 2.75) is 0 Å². The standard InChI is InChI=1S/C16H13N3O2/c20-14-9-5-4-8-12(14)16(21)17-15-10-13(18-19-15)11-6-2-1-3-7-11/h1-10,20H,(H2,17,18,19,21). The Morgan fingerprint density at radius 3 is 2.52 bits per heavy atom. The lowest BCUT2D eigenvalue weighted by atomic mass is 10.1. The first-order chi connectivity index (χ1) is 10.2. The summed E-state index contributed by atoms with van der Waals surface area (Å²) in [7, 11) is 0. The van der Waals surface area contributed by atoms with E-state index in [1.54, 1.807) is 24.3 Å². The maximum Gasteiger partial charge on any atom is 0.260 e. The Kier molecular flexibility index (Phi) is 3.39. The number of amides is 1. The molecule has 0 aliphatic carbocycles. The van der Waals surface area contributed by atoms with Gasteiger partial charge in [0.15, 0.2) is 5.82 Å². The maximum atomic E-state index is 12.1. The number of carbonyl (C=O) groups excluding carboxylic acids is 1. The molecule has 5 nitrogen and oxygen atoms in total. The van der Waals surface area contributed by atoms with E-state index in [-0.39, 0.29) is 11.3 Å². The molecular weight excluding hydrogens is 266 g/mol. The first-order valence-corrected chi connectivity index (χ1v) is 6.44. The molecule has 1 amide bonds. The summed E-state index contributed by atoms with van der Waals surface area (Å²) in [5, 5.41) is 19.2. The predicted octanol–water partition coefficient (Wildman–Crippen LogP) is 3.03. The molecule has 0 saturated heterocycles. The van der Waals surface area contributed by atoms with Crippen molar-refractivity contribution in [3.05, 3.63) is 66.2 Å². The van der Waals surface area contributed by atoms with Gasteiger partial charge in [-0.25, -0.2) is 0 Å². The van der Waals surface area contributed by atoms with E-state index in [4.69, 9.17) is 0 Å². The minimum atomic E-state index is -0.404. The average molecular weight is 279 g/mol. The number of carbonyl (C=O) groups is 1. The number of H-pyrrole nitrogens is 1. The van der Waals surface area contributed by atoms with Crippen LogP contribution in [0.4, 0.5) is 5.82 Å². The highest BCUT2D eigenvalue weighted by atomic mass is 16.3.